The van der Waals surface area contributed by atoms with Crippen LogP contribution in [-0.2, 0) is 11.2 Å². The average Bonchev–Trinajstić information content (AvgIpc) is 3.12. The largest absolute Gasteiger partial charge is 0.389 e. The van der Waals surface area contributed by atoms with Gasteiger partial charge in [0, 0.05) is 24.4 Å². The molecule has 1 aromatic rings. The number of aliphatic hydroxyl groups is 1. The minimum atomic E-state index is -0.421. The molecule has 1 aliphatic carbocycles. The zero-order valence-corrected chi connectivity index (χ0v) is 14.2. The van der Waals surface area contributed by atoms with E-state index in [0.29, 0.717) is 25.2 Å². The van der Waals surface area contributed by atoms with E-state index in [2.05, 4.69) is 24.1 Å². The van der Waals surface area contributed by atoms with Gasteiger partial charge in [-0.3, -0.25) is 0 Å². The minimum Gasteiger partial charge on any atom is -0.389 e. The highest BCUT2D eigenvalue weighted by Gasteiger charge is 2.44. The molecule has 1 atom stereocenters. The van der Waals surface area contributed by atoms with Gasteiger partial charge in [0.2, 0.25) is 0 Å². The molecular formula is C16H28N2O2S. The van der Waals surface area contributed by atoms with Crippen molar-refractivity contribution in [1.29, 1.82) is 0 Å². The fraction of sp³-hybridized carbons (Fsp3) is 0.812. The van der Waals surface area contributed by atoms with E-state index in [4.69, 9.17) is 4.74 Å². The van der Waals surface area contributed by atoms with Crippen LogP contribution >= 0.6 is 11.3 Å². The summed E-state index contributed by atoms with van der Waals surface area (Å²) in [7, 11) is 0. The molecule has 0 spiro atoms. The van der Waals surface area contributed by atoms with Gasteiger partial charge in [-0.05, 0) is 31.1 Å². The number of nitrogens with one attached hydrogen (secondary N) is 1. The van der Waals surface area contributed by atoms with Gasteiger partial charge in [0.25, 0.3) is 0 Å². The lowest BCUT2D eigenvalue weighted by Gasteiger charge is -2.21. The van der Waals surface area contributed by atoms with Crippen molar-refractivity contribution < 1.29 is 9.84 Å². The highest BCUT2D eigenvalue weighted by atomic mass is 32.1. The molecule has 5 heteroatoms. The fourth-order valence-corrected chi connectivity index (χ4v) is 3.38. The maximum Gasteiger partial charge on any atom is 0.0897 e. The molecule has 120 valence electrons. The number of nitrogens with zero attached hydrogens (tertiary/aromatic N) is 1. The summed E-state index contributed by atoms with van der Waals surface area (Å²) < 4.78 is 5.56. The number of thiazole rings is 1. The van der Waals surface area contributed by atoms with Crippen LogP contribution in [0.3, 0.4) is 0 Å². The minimum absolute atomic E-state index is 0.402. The molecule has 1 aliphatic rings. The number of ether oxygens (including phenoxy) is 1. The molecule has 0 aromatic carbocycles. The number of hydrogen-bond donors (Lipinski definition) is 2. The second-order valence-electron chi connectivity index (χ2n) is 6.49. The molecule has 2 N–H and O–H groups in total. The molecule has 21 heavy (non-hydrogen) atoms. The number of aromatic nitrogens is 1. The van der Waals surface area contributed by atoms with Crippen LogP contribution in [-0.4, -0.2) is 42.5 Å². The standard InChI is InChI=1S/C16H28N2O2S/c1-12(2)16(5-6-16)10-17-8-14(19)9-20-7-4-15-13(3)18-11-21-15/h11-12,14,17,19H,4-10H2,1-3H3. The maximum absolute atomic E-state index is 9.92. The maximum atomic E-state index is 9.92. The molecule has 2 rings (SSSR count). The van der Waals surface area contributed by atoms with E-state index < -0.39 is 6.10 Å². The molecular weight excluding hydrogens is 284 g/mol. The Morgan fingerprint density at radius 2 is 2.24 bits per heavy atom. The lowest BCUT2D eigenvalue weighted by Crippen LogP contribution is -2.35. The van der Waals surface area contributed by atoms with Gasteiger partial charge in [-0.2, -0.15) is 0 Å². The summed E-state index contributed by atoms with van der Waals surface area (Å²) in [6.45, 7) is 9.28. The van der Waals surface area contributed by atoms with Crippen molar-refractivity contribution in [1.82, 2.24) is 10.3 Å². The van der Waals surface area contributed by atoms with Gasteiger partial charge in [0.1, 0.15) is 0 Å². The first kappa shape index (κ1) is 16.9. The number of hydrogen-bond acceptors (Lipinski definition) is 5. The van der Waals surface area contributed by atoms with Crippen LogP contribution in [0.1, 0.15) is 37.3 Å². The van der Waals surface area contributed by atoms with Crippen LogP contribution in [0.4, 0.5) is 0 Å². The Bertz CT molecular complexity index is 430. The SMILES string of the molecule is Cc1ncsc1CCOCC(O)CNCC1(C(C)C)CC1. The molecule has 0 bridgehead atoms. The topological polar surface area (TPSA) is 54.4 Å². The molecule has 4 nitrogen and oxygen atoms in total. The first-order chi connectivity index (χ1) is 10.0. The van der Waals surface area contributed by atoms with Crippen LogP contribution in [0.2, 0.25) is 0 Å². The number of aryl methyl sites for hydroxylation is 1. The van der Waals surface area contributed by atoms with Crippen LogP contribution in [0.5, 0.6) is 0 Å². The van der Waals surface area contributed by atoms with Gasteiger partial charge in [0.05, 0.1) is 30.5 Å². The Morgan fingerprint density at radius 3 is 2.81 bits per heavy atom. The Kier molecular flexibility index (Phi) is 6.17. The molecule has 0 amide bonds. The Balaban J connectivity index is 1.52. The molecule has 1 saturated carbocycles. The average molecular weight is 312 g/mol. The zero-order valence-electron chi connectivity index (χ0n) is 13.4. The first-order valence-electron chi connectivity index (χ1n) is 7.89. The fourth-order valence-electron chi connectivity index (χ4n) is 2.62. The lowest BCUT2D eigenvalue weighted by atomic mass is 9.92. The van der Waals surface area contributed by atoms with Crippen LogP contribution in [0, 0.1) is 18.3 Å². The molecule has 1 fully saturated rings. The van der Waals surface area contributed by atoms with Gasteiger partial charge in [0.15, 0.2) is 0 Å². The van der Waals surface area contributed by atoms with Gasteiger partial charge in [-0.1, -0.05) is 13.8 Å². The second-order valence-corrected chi connectivity index (χ2v) is 7.43. The van der Waals surface area contributed by atoms with E-state index in [1.54, 1.807) is 11.3 Å². The van der Waals surface area contributed by atoms with E-state index in [-0.39, 0.29) is 0 Å². The monoisotopic (exact) mass is 312 g/mol. The first-order valence-corrected chi connectivity index (χ1v) is 8.77. The smallest absolute Gasteiger partial charge is 0.0897 e. The van der Waals surface area contributed by atoms with Crippen molar-refractivity contribution in [2.75, 3.05) is 26.3 Å². The molecule has 1 aromatic heterocycles. The van der Waals surface area contributed by atoms with E-state index in [1.165, 1.54) is 17.7 Å². The van der Waals surface area contributed by atoms with Crippen LogP contribution in [0.15, 0.2) is 5.51 Å². The zero-order chi connectivity index (χ0) is 15.3. The summed E-state index contributed by atoms with van der Waals surface area (Å²) in [4.78, 5) is 5.49. The predicted octanol–water partition coefficient (Wildman–Crippen LogP) is 2.40. The van der Waals surface area contributed by atoms with Crippen molar-refractivity contribution in [3.05, 3.63) is 16.1 Å². The summed E-state index contributed by atoms with van der Waals surface area (Å²) in [6.07, 6.45) is 3.10. The Labute approximate surface area is 131 Å². The normalized spacial score (nSPS) is 18.1. The number of rotatable bonds is 10. The Hall–Kier alpha value is -0.490. The molecule has 0 aliphatic heterocycles. The summed E-state index contributed by atoms with van der Waals surface area (Å²) >= 11 is 1.67. The van der Waals surface area contributed by atoms with Crippen LogP contribution in [0.25, 0.3) is 0 Å². The third-order valence-corrected chi connectivity index (χ3v) is 5.60. The van der Waals surface area contributed by atoms with Crippen molar-refractivity contribution in [3.8, 4) is 0 Å². The third-order valence-electron chi connectivity index (χ3n) is 4.60. The van der Waals surface area contributed by atoms with Gasteiger partial charge in [-0.15, -0.1) is 11.3 Å². The summed E-state index contributed by atoms with van der Waals surface area (Å²) in [5.74, 6) is 0.723. The van der Waals surface area contributed by atoms with E-state index in [1.807, 2.05) is 12.4 Å². The Morgan fingerprint density at radius 1 is 1.48 bits per heavy atom. The summed E-state index contributed by atoms with van der Waals surface area (Å²) in [5.41, 5.74) is 3.45. The molecule has 1 unspecified atom stereocenters. The van der Waals surface area contributed by atoms with Crippen LogP contribution < -0.4 is 5.32 Å². The van der Waals surface area contributed by atoms with Crippen molar-refractivity contribution in [2.45, 2.75) is 46.1 Å². The highest BCUT2D eigenvalue weighted by molar-refractivity contribution is 7.09. The van der Waals surface area contributed by atoms with Crippen molar-refractivity contribution in [3.63, 3.8) is 0 Å². The predicted molar refractivity (Wildman–Crippen MR) is 86.8 cm³/mol. The highest BCUT2D eigenvalue weighted by Crippen LogP contribution is 2.51. The van der Waals surface area contributed by atoms with E-state index in [9.17, 15) is 5.11 Å². The molecule has 0 saturated heterocycles. The molecule has 1 heterocycles. The number of aliphatic hydroxyl groups excluding tert-OH is 1. The summed E-state index contributed by atoms with van der Waals surface area (Å²) in [5, 5.41) is 13.3. The van der Waals surface area contributed by atoms with Gasteiger partial charge in [-0.25, -0.2) is 4.98 Å². The third kappa shape index (κ3) is 5.02. The van der Waals surface area contributed by atoms with Gasteiger partial charge >= 0.3 is 0 Å². The van der Waals surface area contributed by atoms with E-state index in [0.717, 1.165) is 24.6 Å². The molecule has 0 radical (unpaired) electrons. The van der Waals surface area contributed by atoms with E-state index >= 15 is 0 Å². The van der Waals surface area contributed by atoms with Gasteiger partial charge < -0.3 is 15.2 Å². The van der Waals surface area contributed by atoms with Crippen molar-refractivity contribution in [2.24, 2.45) is 11.3 Å². The summed E-state index contributed by atoms with van der Waals surface area (Å²) in [6, 6.07) is 0. The second kappa shape index (κ2) is 7.68. The quantitative estimate of drug-likeness (QED) is 0.651. The van der Waals surface area contributed by atoms with Crippen molar-refractivity contribution >= 4 is 11.3 Å². The lowest BCUT2D eigenvalue weighted by molar-refractivity contribution is 0.0376.